The van der Waals surface area contributed by atoms with Crippen molar-refractivity contribution in [3.05, 3.63) is 29.8 Å². The van der Waals surface area contributed by atoms with Gasteiger partial charge in [0.05, 0.1) is 6.10 Å². The van der Waals surface area contributed by atoms with E-state index in [1.54, 1.807) is 31.4 Å². The highest BCUT2D eigenvalue weighted by Crippen LogP contribution is 2.23. The lowest BCUT2D eigenvalue weighted by Gasteiger charge is -2.28. The molecule has 0 aromatic heterocycles. The van der Waals surface area contributed by atoms with Gasteiger partial charge < -0.3 is 20.3 Å². The predicted octanol–water partition coefficient (Wildman–Crippen LogP) is 1.76. The number of hydrogen-bond acceptors (Lipinski definition) is 5. The second-order valence-electron chi connectivity index (χ2n) is 5.56. The highest BCUT2D eigenvalue weighted by atomic mass is 16.5. The first kappa shape index (κ1) is 15.8. The smallest absolute Gasteiger partial charge is 0.323 e. The standard InChI is InChI=1S/C16H23NO4/c1-20-13-3-2-4-14(10-13)21-16(19)15(17)9-11-5-7-12(18)8-6-11/h5-8,13-15,18H,2-4,9-10,17H2,1H3. The van der Waals surface area contributed by atoms with E-state index < -0.39 is 6.04 Å². The third kappa shape index (κ3) is 4.72. The van der Waals surface area contributed by atoms with E-state index in [2.05, 4.69) is 0 Å². The molecule has 2 rings (SSSR count). The number of phenolic OH excluding ortho intramolecular Hbond substituents is 1. The number of phenols is 1. The third-order valence-corrected chi connectivity index (χ3v) is 3.89. The van der Waals surface area contributed by atoms with Crippen LogP contribution in [0.25, 0.3) is 0 Å². The first-order valence-corrected chi connectivity index (χ1v) is 7.35. The molecule has 0 saturated heterocycles. The van der Waals surface area contributed by atoms with Gasteiger partial charge in [0, 0.05) is 13.5 Å². The summed E-state index contributed by atoms with van der Waals surface area (Å²) in [6.45, 7) is 0. The number of carbonyl (C=O) groups excluding carboxylic acids is 1. The van der Waals surface area contributed by atoms with E-state index in [1.165, 1.54) is 0 Å². The van der Waals surface area contributed by atoms with E-state index in [9.17, 15) is 9.90 Å². The Balaban J connectivity index is 1.83. The molecule has 0 heterocycles. The van der Waals surface area contributed by atoms with Crippen molar-refractivity contribution < 1.29 is 19.4 Å². The monoisotopic (exact) mass is 293 g/mol. The maximum Gasteiger partial charge on any atom is 0.323 e. The van der Waals surface area contributed by atoms with Gasteiger partial charge >= 0.3 is 5.97 Å². The molecule has 5 heteroatoms. The molecule has 0 amide bonds. The molecule has 3 N–H and O–H groups in total. The van der Waals surface area contributed by atoms with E-state index >= 15 is 0 Å². The van der Waals surface area contributed by atoms with Crippen LogP contribution in [0.15, 0.2) is 24.3 Å². The molecule has 1 fully saturated rings. The third-order valence-electron chi connectivity index (χ3n) is 3.89. The van der Waals surface area contributed by atoms with Crippen molar-refractivity contribution in [2.24, 2.45) is 5.73 Å². The zero-order valence-corrected chi connectivity index (χ0v) is 12.3. The summed E-state index contributed by atoms with van der Waals surface area (Å²) in [4.78, 5) is 12.0. The SMILES string of the molecule is COC1CCCC(OC(=O)C(N)Cc2ccc(O)cc2)C1. The summed E-state index contributed by atoms with van der Waals surface area (Å²) < 4.78 is 10.8. The highest BCUT2D eigenvalue weighted by molar-refractivity contribution is 5.76. The molecule has 0 spiro atoms. The number of benzene rings is 1. The van der Waals surface area contributed by atoms with Crippen LogP contribution in [0.1, 0.15) is 31.2 Å². The van der Waals surface area contributed by atoms with Crippen molar-refractivity contribution in [3.8, 4) is 5.75 Å². The number of rotatable bonds is 5. The number of nitrogens with two attached hydrogens (primary N) is 1. The van der Waals surface area contributed by atoms with Gasteiger partial charge in [-0.1, -0.05) is 12.1 Å². The molecule has 0 radical (unpaired) electrons. The van der Waals surface area contributed by atoms with Crippen molar-refractivity contribution in [1.29, 1.82) is 0 Å². The molecular weight excluding hydrogens is 270 g/mol. The fourth-order valence-electron chi connectivity index (χ4n) is 2.64. The number of methoxy groups -OCH3 is 1. The van der Waals surface area contributed by atoms with Gasteiger partial charge in [0.15, 0.2) is 0 Å². The van der Waals surface area contributed by atoms with Crippen LogP contribution in [0.4, 0.5) is 0 Å². The topological polar surface area (TPSA) is 81.8 Å². The van der Waals surface area contributed by atoms with E-state index in [0.717, 1.165) is 31.2 Å². The van der Waals surface area contributed by atoms with Crippen LogP contribution in [-0.4, -0.2) is 36.4 Å². The highest BCUT2D eigenvalue weighted by Gasteiger charge is 2.26. The number of aromatic hydroxyl groups is 1. The van der Waals surface area contributed by atoms with Crippen LogP contribution >= 0.6 is 0 Å². The minimum absolute atomic E-state index is 0.0953. The van der Waals surface area contributed by atoms with Crippen molar-refractivity contribution in [2.45, 2.75) is 50.4 Å². The number of carbonyl (C=O) groups is 1. The molecule has 21 heavy (non-hydrogen) atoms. The first-order chi connectivity index (χ1) is 10.1. The quantitative estimate of drug-likeness (QED) is 0.808. The van der Waals surface area contributed by atoms with Gasteiger partial charge in [-0.3, -0.25) is 4.79 Å². The molecule has 1 aliphatic rings. The summed E-state index contributed by atoms with van der Waals surface area (Å²) in [7, 11) is 1.69. The van der Waals surface area contributed by atoms with Gasteiger partial charge in [0.2, 0.25) is 0 Å². The molecule has 1 saturated carbocycles. The summed E-state index contributed by atoms with van der Waals surface area (Å²) in [5.41, 5.74) is 6.80. The van der Waals surface area contributed by atoms with E-state index in [1.807, 2.05) is 0 Å². The second-order valence-corrected chi connectivity index (χ2v) is 5.56. The largest absolute Gasteiger partial charge is 0.508 e. The molecule has 1 aliphatic carbocycles. The van der Waals surface area contributed by atoms with Crippen molar-refractivity contribution in [3.63, 3.8) is 0 Å². The number of esters is 1. The Labute approximate surface area is 125 Å². The summed E-state index contributed by atoms with van der Waals surface area (Å²) in [6.07, 6.45) is 4.12. The minimum atomic E-state index is -0.683. The van der Waals surface area contributed by atoms with Crippen molar-refractivity contribution in [2.75, 3.05) is 7.11 Å². The number of ether oxygens (including phenoxy) is 2. The van der Waals surface area contributed by atoms with Gasteiger partial charge in [-0.05, 0) is 43.4 Å². The summed E-state index contributed by atoms with van der Waals surface area (Å²) in [6, 6.07) is 5.99. The van der Waals surface area contributed by atoms with Gasteiger partial charge in [-0.2, -0.15) is 0 Å². The molecule has 5 nitrogen and oxygen atoms in total. The second kappa shape index (κ2) is 7.43. The Kier molecular flexibility index (Phi) is 5.59. The van der Waals surface area contributed by atoms with E-state index in [0.29, 0.717) is 6.42 Å². The molecule has 0 bridgehead atoms. The van der Waals surface area contributed by atoms with Crippen LogP contribution in [-0.2, 0) is 20.7 Å². The van der Waals surface area contributed by atoms with E-state index in [4.69, 9.17) is 15.2 Å². The molecule has 116 valence electrons. The van der Waals surface area contributed by atoms with Crippen LogP contribution < -0.4 is 5.73 Å². The first-order valence-electron chi connectivity index (χ1n) is 7.35. The minimum Gasteiger partial charge on any atom is -0.508 e. The van der Waals surface area contributed by atoms with Gasteiger partial charge in [-0.25, -0.2) is 0 Å². The average Bonchev–Trinajstić information content (AvgIpc) is 2.49. The van der Waals surface area contributed by atoms with Crippen molar-refractivity contribution >= 4 is 5.97 Å². The fraction of sp³-hybridized carbons (Fsp3) is 0.562. The predicted molar refractivity (Wildman–Crippen MR) is 78.9 cm³/mol. The summed E-state index contributed by atoms with van der Waals surface area (Å²) in [5, 5.41) is 9.23. The summed E-state index contributed by atoms with van der Waals surface area (Å²) in [5.74, 6) is -0.174. The van der Waals surface area contributed by atoms with Gasteiger partial charge in [-0.15, -0.1) is 0 Å². The Hall–Kier alpha value is -1.59. The maximum atomic E-state index is 12.0. The van der Waals surface area contributed by atoms with Crippen LogP contribution in [0.3, 0.4) is 0 Å². The zero-order chi connectivity index (χ0) is 15.2. The van der Waals surface area contributed by atoms with Gasteiger partial charge in [0.1, 0.15) is 17.9 Å². The Morgan fingerprint density at radius 2 is 2.00 bits per heavy atom. The Bertz CT molecular complexity index is 460. The number of hydrogen-bond donors (Lipinski definition) is 2. The van der Waals surface area contributed by atoms with Crippen molar-refractivity contribution in [1.82, 2.24) is 0 Å². The normalized spacial score (nSPS) is 23.5. The van der Waals surface area contributed by atoms with E-state index in [-0.39, 0.29) is 23.9 Å². The lowest BCUT2D eigenvalue weighted by molar-refractivity contribution is -0.154. The lowest BCUT2D eigenvalue weighted by atomic mass is 9.95. The van der Waals surface area contributed by atoms with Crippen LogP contribution in [0, 0.1) is 0 Å². The lowest BCUT2D eigenvalue weighted by Crippen LogP contribution is -2.38. The molecule has 1 aromatic carbocycles. The van der Waals surface area contributed by atoms with Crippen LogP contribution in [0.2, 0.25) is 0 Å². The van der Waals surface area contributed by atoms with Crippen LogP contribution in [0.5, 0.6) is 5.75 Å². The Morgan fingerprint density at radius 1 is 1.33 bits per heavy atom. The average molecular weight is 293 g/mol. The molecular formula is C16H23NO4. The molecule has 1 aromatic rings. The Morgan fingerprint density at radius 3 is 2.67 bits per heavy atom. The van der Waals surface area contributed by atoms with Gasteiger partial charge in [0.25, 0.3) is 0 Å². The maximum absolute atomic E-state index is 12.0. The summed E-state index contributed by atoms with van der Waals surface area (Å²) >= 11 is 0. The molecule has 3 unspecified atom stereocenters. The fourth-order valence-corrected chi connectivity index (χ4v) is 2.64. The molecule has 0 aliphatic heterocycles. The zero-order valence-electron chi connectivity index (χ0n) is 12.3. The molecule has 3 atom stereocenters.